The number of likely N-dealkylation sites (tertiary alicyclic amines) is 1. The first-order valence-corrected chi connectivity index (χ1v) is 5.33. The SMILES string of the molecule is CCCC1(O)CN(C(=O)c2c[nH]c(=O)[nH]2)C1. The fourth-order valence-corrected chi connectivity index (χ4v) is 2.05. The van der Waals surface area contributed by atoms with Crippen LogP contribution in [0.25, 0.3) is 0 Å². The molecule has 0 aromatic carbocycles. The molecule has 2 rings (SSSR count). The molecule has 1 aromatic rings. The normalized spacial score (nSPS) is 18.2. The minimum Gasteiger partial charge on any atom is -0.386 e. The number of aromatic amines is 2. The second-order valence-electron chi connectivity index (χ2n) is 4.29. The van der Waals surface area contributed by atoms with Crippen molar-refractivity contribution in [3.05, 3.63) is 22.4 Å². The standard InChI is InChI=1S/C10H15N3O3/c1-2-3-10(16)5-13(6-10)8(14)7-4-11-9(15)12-7/h4,16H,2-3,5-6H2,1H3,(H2,11,12,15). The lowest BCUT2D eigenvalue weighted by Gasteiger charge is -2.46. The summed E-state index contributed by atoms with van der Waals surface area (Å²) in [5, 5.41) is 9.91. The highest BCUT2D eigenvalue weighted by Gasteiger charge is 2.43. The van der Waals surface area contributed by atoms with Crippen LogP contribution in [0.4, 0.5) is 0 Å². The van der Waals surface area contributed by atoms with Gasteiger partial charge in [-0.3, -0.25) is 4.79 Å². The van der Waals surface area contributed by atoms with Crippen LogP contribution in [0.3, 0.4) is 0 Å². The molecule has 0 unspecified atom stereocenters. The van der Waals surface area contributed by atoms with E-state index in [0.717, 1.165) is 6.42 Å². The molecular formula is C10H15N3O3. The Morgan fingerprint density at radius 2 is 2.31 bits per heavy atom. The van der Waals surface area contributed by atoms with Gasteiger partial charge < -0.3 is 20.0 Å². The van der Waals surface area contributed by atoms with Crippen LogP contribution in [0.5, 0.6) is 0 Å². The van der Waals surface area contributed by atoms with E-state index < -0.39 is 11.3 Å². The number of β-amino-alcohol motifs (C(OH)–C–C–N with tert-alkyl or cyclic N) is 1. The van der Waals surface area contributed by atoms with Gasteiger partial charge in [-0.05, 0) is 6.42 Å². The first kappa shape index (κ1) is 10.9. The molecule has 1 amide bonds. The highest BCUT2D eigenvalue weighted by atomic mass is 16.3. The third-order valence-corrected chi connectivity index (χ3v) is 2.80. The lowest BCUT2D eigenvalue weighted by atomic mass is 9.89. The summed E-state index contributed by atoms with van der Waals surface area (Å²) in [6.45, 7) is 2.67. The lowest BCUT2D eigenvalue weighted by Crippen LogP contribution is -2.63. The second kappa shape index (κ2) is 3.79. The van der Waals surface area contributed by atoms with E-state index in [2.05, 4.69) is 9.97 Å². The van der Waals surface area contributed by atoms with E-state index >= 15 is 0 Å². The highest BCUT2D eigenvalue weighted by molar-refractivity contribution is 5.92. The van der Waals surface area contributed by atoms with Crippen molar-refractivity contribution in [1.29, 1.82) is 0 Å². The first-order valence-electron chi connectivity index (χ1n) is 5.33. The zero-order valence-corrected chi connectivity index (χ0v) is 9.12. The monoisotopic (exact) mass is 225 g/mol. The van der Waals surface area contributed by atoms with Gasteiger partial charge in [0.15, 0.2) is 0 Å². The Balaban J connectivity index is 1.98. The predicted octanol–water partition coefficient (Wildman–Crippen LogP) is -0.310. The van der Waals surface area contributed by atoms with Gasteiger partial charge in [-0.25, -0.2) is 4.79 Å². The molecule has 0 bridgehead atoms. The fraction of sp³-hybridized carbons (Fsp3) is 0.600. The van der Waals surface area contributed by atoms with Crippen molar-refractivity contribution >= 4 is 5.91 Å². The molecule has 3 N–H and O–H groups in total. The number of hydrogen-bond acceptors (Lipinski definition) is 3. The number of aliphatic hydroxyl groups is 1. The number of aromatic nitrogens is 2. The first-order chi connectivity index (χ1) is 7.54. The second-order valence-corrected chi connectivity index (χ2v) is 4.29. The molecule has 16 heavy (non-hydrogen) atoms. The Morgan fingerprint density at radius 1 is 1.62 bits per heavy atom. The largest absolute Gasteiger partial charge is 0.386 e. The molecule has 1 aromatic heterocycles. The molecular weight excluding hydrogens is 210 g/mol. The molecule has 1 saturated heterocycles. The summed E-state index contributed by atoms with van der Waals surface area (Å²) < 4.78 is 0. The van der Waals surface area contributed by atoms with Crippen LogP contribution < -0.4 is 5.69 Å². The van der Waals surface area contributed by atoms with E-state index in [1.165, 1.54) is 11.1 Å². The molecule has 0 aliphatic carbocycles. The number of nitrogens with zero attached hydrogens (tertiary/aromatic N) is 1. The van der Waals surface area contributed by atoms with E-state index in [1.54, 1.807) is 0 Å². The van der Waals surface area contributed by atoms with Crippen molar-refractivity contribution in [2.45, 2.75) is 25.4 Å². The Hall–Kier alpha value is -1.56. The van der Waals surface area contributed by atoms with Crippen molar-refractivity contribution in [3.63, 3.8) is 0 Å². The number of hydrogen-bond donors (Lipinski definition) is 3. The Morgan fingerprint density at radius 3 is 2.81 bits per heavy atom. The summed E-state index contributed by atoms with van der Waals surface area (Å²) in [6.07, 6.45) is 2.93. The van der Waals surface area contributed by atoms with Gasteiger partial charge in [-0.15, -0.1) is 0 Å². The van der Waals surface area contributed by atoms with Gasteiger partial charge in [0.2, 0.25) is 0 Å². The van der Waals surface area contributed by atoms with Gasteiger partial charge in [0.25, 0.3) is 5.91 Å². The molecule has 0 atom stereocenters. The summed E-state index contributed by atoms with van der Waals surface area (Å²) in [5.74, 6) is -0.251. The third kappa shape index (κ3) is 1.88. The van der Waals surface area contributed by atoms with Crippen molar-refractivity contribution in [2.24, 2.45) is 0 Å². The fourth-order valence-electron chi connectivity index (χ4n) is 2.05. The number of nitrogens with one attached hydrogen (secondary N) is 2. The number of carbonyl (C=O) groups excluding carboxylic acids is 1. The maximum Gasteiger partial charge on any atom is 0.323 e. The maximum absolute atomic E-state index is 11.8. The molecule has 6 heteroatoms. The number of H-pyrrole nitrogens is 2. The van der Waals surface area contributed by atoms with Crippen molar-refractivity contribution in [3.8, 4) is 0 Å². The Bertz CT molecular complexity index is 442. The zero-order chi connectivity index (χ0) is 11.8. The summed E-state index contributed by atoms with van der Waals surface area (Å²) in [5.41, 5.74) is -0.891. The van der Waals surface area contributed by atoms with Gasteiger partial charge >= 0.3 is 5.69 Å². The molecule has 1 aliphatic rings. The Kier molecular flexibility index (Phi) is 2.59. The molecule has 0 radical (unpaired) electrons. The number of imidazole rings is 1. The zero-order valence-electron chi connectivity index (χ0n) is 9.12. The lowest BCUT2D eigenvalue weighted by molar-refractivity contribution is -0.0861. The van der Waals surface area contributed by atoms with Gasteiger partial charge in [0.1, 0.15) is 5.69 Å². The molecule has 1 fully saturated rings. The van der Waals surface area contributed by atoms with Crippen molar-refractivity contribution in [1.82, 2.24) is 14.9 Å². The Labute approximate surface area is 92.3 Å². The third-order valence-electron chi connectivity index (χ3n) is 2.80. The van der Waals surface area contributed by atoms with E-state index in [-0.39, 0.29) is 11.6 Å². The van der Waals surface area contributed by atoms with E-state index in [0.29, 0.717) is 19.5 Å². The summed E-state index contributed by atoms with van der Waals surface area (Å²) in [4.78, 5) is 28.9. The smallest absolute Gasteiger partial charge is 0.323 e. The number of carbonyl (C=O) groups is 1. The highest BCUT2D eigenvalue weighted by Crippen LogP contribution is 2.26. The van der Waals surface area contributed by atoms with Crippen LogP contribution in [-0.2, 0) is 0 Å². The van der Waals surface area contributed by atoms with Gasteiger partial charge in [-0.2, -0.15) is 0 Å². The molecule has 88 valence electrons. The molecule has 1 aliphatic heterocycles. The van der Waals surface area contributed by atoms with Gasteiger partial charge in [0, 0.05) is 6.20 Å². The maximum atomic E-state index is 11.8. The summed E-state index contributed by atoms with van der Waals surface area (Å²) >= 11 is 0. The van der Waals surface area contributed by atoms with Crippen molar-refractivity contribution in [2.75, 3.05) is 13.1 Å². The van der Waals surface area contributed by atoms with Crippen LogP contribution in [-0.4, -0.2) is 44.6 Å². The van der Waals surface area contributed by atoms with Crippen LogP contribution in [0.1, 0.15) is 30.3 Å². The van der Waals surface area contributed by atoms with Crippen LogP contribution in [0.2, 0.25) is 0 Å². The molecule has 2 heterocycles. The van der Waals surface area contributed by atoms with Crippen LogP contribution >= 0.6 is 0 Å². The predicted molar refractivity (Wildman–Crippen MR) is 57.2 cm³/mol. The minimum atomic E-state index is -0.735. The number of amides is 1. The van der Waals surface area contributed by atoms with Crippen LogP contribution in [0.15, 0.2) is 11.0 Å². The van der Waals surface area contributed by atoms with E-state index in [4.69, 9.17) is 0 Å². The van der Waals surface area contributed by atoms with Gasteiger partial charge in [0.05, 0.1) is 18.7 Å². The van der Waals surface area contributed by atoms with E-state index in [9.17, 15) is 14.7 Å². The quantitative estimate of drug-likeness (QED) is 0.659. The number of rotatable bonds is 3. The molecule has 0 saturated carbocycles. The average molecular weight is 225 g/mol. The minimum absolute atomic E-state index is 0.239. The molecule has 0 spiro atoms. The topological polar surface area (TPSA) is 89.2 Å². The average Bonchev–Trinajstić information content (AvgIpc) is 2.60. The van der Waals surface area contributed by atoms with Gasteiger partial charge in [-0.1, -0.05) is 13.3 Å². The van der Waals surface area contributed by atoms with E-state index in [1.807, 2.05) is 6.92 Å². The summed E-state index contributed by atoms with van der Waals surface area (Å²) in [6, 6.07) is 0. The van der Waals surface area contributed by atoms with Crippen molar-refractivity contribution < 1.29 is 9.90 Å². The summed E-state index contributed by atoms with van der Waals surface area (Å²) in [7, 11) is 0. The van der Waals surface area contributed by atoms with Crippen LogP contribution in [0, 0.1) is 0 Å². The molecule has 6 nitrogen and oxygen atoms in total.